The van der Waals surface area contributed by atoms with E-state index in [9.17, 15) is 0 Å². The van der Waals surface area contributed by atoms with Crippen LogP contribution in [0.25, 0.3) is 0 Å². The van der Waals surface area contributed by atoms with Gasteiger partial charge >= 0.3 is 0 Å². The topological polar surface area (TPSA) is 64.7 Å². The van der Waals surface area contributed by atoms with E-state index >= 15 is 0 Å². The molecule has 0 aromatic carbocycles. The smallest absolute Gasteiger partial charge is 0.0757 e. The van der Waals surface area contributed by atoms with E-state index in [0.717, 1.165) is 11.3 Å². The van der Waals surface area contributed by atoms with Gasteiger partial charge in [0.25, 0.3) is 0 Å². The first kappa shape index (κ1) is 11.0. The number of nitrogens with zero attached hydrogens (tertiary/aromatic N) is 3. The number of rotatable bonds is 3. The van der Waals surface area contributed by atoms with Crippen molar-refractivity contribution in [1.29, 1.82) is 0 Å². The molecule has 0 saturated heterocycles. The Morgan fingerprint density at radius 2 is 2.00 bits per heavy atom. The zero-order chi connectivity index (χ0) is 11.4. The van der Waals surface area contributed by atoms with Crippen LogP contribution in [0.3, 0.4) is 0 Å². The van der Waals surface area contributed by atoms with Gasteiger partial charge < -0.3 is 5.73 Å². The van der Waals surface area contributed by atoms with Gasteiger partial charge in [-0.2, -0.15) is 0 Å². The molecule has 1 atom stereocenters. The largest absolute Gasteiger partial charge is 0.322 e. The van der Waals surface area contributed by atoms with Crippen LogP contribution in [0.4, 0.5) is 0 Å². The highest BCUT2D eigenvalue weighted by atomic mass is 35.5. The van der Waals surface area contributed by atoms with Crippen molar-refractivity contribution < 1.29 is 0 Å². The van der Waals surface area contributed by atoms with Gasteiger partial charge in [0.05, 0.1) is 16.8 Å². The summed E-state index contributed by atoms with van der Waals surface area (Å²) in [4.78, 5) is 12.1. The highest BCUT2D eigenvalue weighted by molar-refractivity contribution is 6.31. The van der Waals surface area contributed by atoms with Crippen molar-refractivity contribution in [2.45, 2.75) is 12.5 Å². The Hall–Kier alpha value is -1.52. The summed E-state index contributed by atoms with van der Waals surface area (Å²) in [6.07, 6.45) is 8.85. The maximum absolute atomic E-state index is 6.01. The van der Waals surface area contributed by atoms with E-state index in [1.54, 1.807) is 31.0 Å². The predicted octanol–water partition coefficient (Wildman–Crippen LogP) is 1.77. The average Bonchev–Trinajstić information content (AvgIpc) is 2.33. The second kappa shape index (κ2) is 5.01. The van der Waals surface area contributed by atoms with E-state index in [1.165, 1.54) is 0 Å². The summed E-state index contributed by atoms with van der Waals surface area (Å²) in [7, 11) is 0. The molecule has 0 radical (unpaired) electrons. The summed E-state index contributed by atoms with van der Waals surface area (Å²) in [5.74, 6) is 0. The lowest BCUT2D eigenvalue weighted by atomic mass is 10.1. The van der Waals surface area contributed by atoms with Crippen LogP contribution < -0.4 is 5.73 Å². The van der Waals surface area contributed by atoms with Crippen molar-refractivity contribution in [3.63, 3.8) is 0 Å². The van der Waals surface area contributed by atoms with Gasteiger partial charge in [-0.15, -0.1) is 0 Å². The van der Waals surface area contributed by atoms with Gasteiger partial charge in [0, 0.05) is 31.0 Å². The predicted molar refractivity (Wildman–Crippen MR) is 61.9 cm³/mol. The summed E-state index contributed by atoms with van der Waals surface area (Å²) in [5.41, 5.74) is 7.74. The minimum atomic E-state index is -0.200. The molecule has 2 aromatic rings. The molecule has 0 amide bonds. The highest BCUT2D eigenvalue weighted by Gasteiger charge is 2.10. The van der Waals surface area contributed by atoms with Gasteiger partial charge in [0.15, 0.2) is 0 Å². The molecular weight excluding hydrogens is 224 g/mol. The van der Waals surface area contributed by atoms with Gasteiger partial charge in [-0.05, 0) is 18.1 Å². The SMILES string of the molecule is NC(Cc1ccncc1Cl)c1cnccn1. The van der Waals surface area contributed by atoms with Crippen molar-refractivity contribution >= 4 is 11.6 Å². The zero-order valence-electron chi connectivity index (χ0n) is 8.55. The van der Waals surface area contributed by atoms with Gasteiger partial charge in [-0.3, -0.25) is 15.0 Å². The quantitative estimate of drug-likeness (QED) is 0.879. The molecule has 0 fully saturated rings. The molecule has 0 spiro atoms. The summed E-state index contributed by atoms with van der Waals surface area (Å²) in [6, 6.07) is 1.66. The van der Waals surface area contributed by atoms with Crippen LogP contribution in [0.5, 0.6) is 0 Å². The molecule has 0 saturated carbocycles. The fourth-order valence-corrected chi connectivity index (χ4v) is 1.61. The molecule has 82 valence electrons. The van der Waals surface area contributed by atoms with Crippen LogP contribution in [0, 0.1) is 0 Å². The lowest BCUT2D eigenvalue weighted by Crippen LogP contribution is -2.15. The highest BCUT2D eigenvalue weighted by Crippen LogP contribution is 2.19. The van der Waals surface area contributed by atoms with E-state index < -0.39 is 0 Å². The molecule has 2 aromatic heterocycles. The van der Waals surface area contributed by atoms with Crippen molar-refractivity contribution in [3.8, 4) is 0 Å². The lowest BCUT2D eigenvalue weighted by molar-refractivity contribution is 0.690. The van der Waals surface area contributed by atoms with Crippen molar-refractivity contribution in [3.05, 3.63) is 53.3 Å². The maximum Gasteiger partial charge on any atom is 0.0757 e. The van der Waals surface area contributed by atoms with Gasteiger partial charge in [-0.25, -0.2) is 0 Å². The Labute approximate surface area is 98.5 Å². The Kier molecular flexibility index (Phi) is 3.44. The van der Waals surface area contributed by atoms with E-state index in [1.807, 2.05) is 6.07 Å². The Morgan fingerprint density at radius 1 is 1.19 bits per heavy atom. The van der Waals surface area contributed by atoms with Crippen molar-refractivity contribution in [2.75, 3.05) is 0 Å². The molecule has 2 rings (SSSR count). The first-order chi connectivity index (χ1) is 7.77. The van der Waals surface area contributed by atoms with Crippen LogP contribution in [-0.2, 0) is 6.42 Å². The van der Waals surface area contributed by atoms with Gasteiger partial charge in [0.1, 0.15) is 0 Å². The zero-order valence-corrected chi connectivity index (χ0v) is 9.30. The molecule has 0 bridgehead atoms. The normalized spacial score (nSPS) is 12.4. The first-order valence-corrected chi connectivity index (χ1v) is 5.25. The second-order valence-corrected chi connectivity index (χ2v) is 3.82. The molecule has 2 N–H and O–H groups in total. The second-order valence-electron chi connectivity index (χ2n) is 3.41. The van der Waals surface area contributed by atoms with Crippen LogP contribution in [-0.4, -0.2) is 15.0 Å². The van der Waals surface area contributed by atoms with Crippen LogP contribution in [0.15, 0.2) is 37.1 Å². The number of halogens is 1. The summed E-state index contributed by atoms with van der Waals surface area (Å²) >= 11 is 6.00. The first-order valence-electron chi connectivity index (χ1n) is 4.87. The van der Waals surface area contributed by atoms with Crippen LogP contribution >= 0.6 is 11.6 Å². The molecule has 1 unspecified atom stereocenters. The fourth-order valence-electron chi connectivity index (χ4n) is 1.41. The summed E-state index contributed by atoms with van der Waals surface area (Å²) in [6.45, 7) is 0. The standard InChI is InChI=1S/C11H11ClN4/c12-9-6-14-2-1-8(9)5-10(13)11-7-15-3-4-16-11/h1-4,6-7,10H,5,13H2. The van der Waals surface area contributed by atoms with Gasteiger partial charge in [0.2, 0.25) is 0 Å². The number of nitrogens with two attached hydrogens (primary N) is 1. The molecule has 0 aliphatic rings. The van der Waals surface area contributed by atoms with E-state index in [-0.39, 0.29) is 6.04 Å². The third-order valence-electron chi connectivity index (χ3n) is 2.26. The van der Waals surface area contributed by atoms with E-state index in [2.05, 4.69) is 15.0 Å². The molecular formula is C11H11ClN4. The molecule has 0 aliphatic carbocycles. The van der Waals surface area contributed by atoms with E-state index in [0.29, 0.717) is 11.4 Å². The number of aromatic nitrogens is 3. The van der Waals surface area contributed by atoms with Crippen LogP contribution in [0.2, 0.25) is 5.02 Å². The Balaban J connectivity index is 2.14. The third-order valence-corrected chi connectivity index (χ3v) is 2.60. The molecule has 2 heterocycles. The summed E-state index contributed by atoms with van der Waals surface area (Å²) in [5, 5.41) is 0.627. The number of pyridine rings is 1. The maximum atomic E-state index is 6.01. The van der Waals surface area contributed by atoms with Crippen molar-refractivity contribution in [1.82, 2.24) is 15.0 Å². The number of hydrogen-bond acceptors (Lipinski definition) is 4. The Morgan fingerprint density at radius 3 is 2.69 bits per heavy atom. The summed E-state index contributed by atoms with van der Waals surface area (Å²) < 4.78 is 0. The monoisotopic (exact) mass is 234 g/mol. The lowest BCUT2D eigenvalue weighted by Gasteiger charge is -2.11. The minimum absolute atomic E-state index is 0.200. The average molecular weight is 235 g/mol. The third kappa shape index (κ3) is 2.53. The molecule has 0 aliphatic heterocycles. The van der Waals surface area contributed by atoms with Crippen molar-refractivity contribution in [2.24, 2.45) is 5.73 Å². The molecule has 5 heteroatoms. The van der Waals surface area contributed by atoms with E-state index in [4.69, 9.17) is 17.3 Å². The van der Waals surface area contributed by atoms with Gasteiger partial charge in [-0.1, -0.05) is 11.6 Å². The van der Waals surface area contributed by atoms with Crippen LogP contribution in [0.1, 0.15) is 17.3 Å². The molecule has 4 nitrogen and oxygen atoms in total. The Bertz CT molecular complexity index is 461. The minimum Gasteiger partial charge on any atom is -0.322 e. The number of hydrogen-bond donors (Lipinski definition) is 1. The molecule has 16 heavy (non-hydrogen) atoms. The fraction of sp³-hybridized carbons (Fsp3) is 0.182.